The minimum atomic E-state index is 0.0313. The van der Waals surface area contributed by atoms with Gasteiger partial charge in [0.05, 0.1) is 12.2 Å². The highest BCUT2D eigenvalue weighted by Gasteiger charge is 2.20. The highest BCUT2D eigenvalue weighted by Crippen LogP contribution is 2.19. The number of nitrogens with zero attached hydrogens (tertiary/aromatic N) is 6. The molecule has 0 aromatic carbocycles. The number of piperazine rings is 1. The molecule has 0 N–H and O–H groups in total. The Kier molecular flexibility index (Phi) is 5.28. The van der Waals surface area contributed by atoms with Crippen LogP contribution in [0.4, 0.5) is 5.13 Å². The molecule has 2 aromatic rings. The zero-order valence-corrected chi connectivity index (χ0v) is 15.9. The Morgan fingerprint density at radius 1 is 1.19 bits per heavy atom. The lowest BCUT2D eigenvalue weighted by Crippen LogP contribution is -2.47. The average Bonchev–Trinajstić information content (AvgIpc) is 3.29. The average molecular weight is 376 g/mol. The summed E-state index contributed by atoms with van der Waals surface area (Å²) in [5.74, 6) is 0.747. The van der Waals surface area contributed by atoms with Crippen molar-refractivity contribution in [2.24, 2.45) is 0 Å². The van der Waals surface area contributed by atoms with Gasteiger partial charge in [-0.1, -0.05) is 0 Å². The second-order valence-electron chi connectivity index (χ2n) is 6.79. The largest absolute Gasteiger partial charge is 0.377 e. The van der Waals surface area contributed by atoms with Gasteiger partial charge in [0, 0.05) is 57.4 Å². The Labute approximate surface area is 156 Å². The van der Waals surface area contributed by atoms with Gasteiger partial charge >= 0.3 is 0 Å². The molecule has 0 saturated carbocycles. The van der Waals surface area contributed by atoms with Crippen molar-refractivity contribution in [2.45, 2.75) is 32.4 Å². The van der Waals surface area contributed by atoms with Gasteiger partial charge in [-0.2, -0.15) is 9.47 Å². The molecule has 0 bridgehead atoms. The van der Waals surface area contributed by atoms with Gasteiger partial charge in [-0.3, -0.25) is 9.69 Å². The molecular formula is C17H24N6O2S. The fourth-order valence-corrected chi connectivity index (χ4v) is 4.28. The predicted octanol–water partition coefficient (Wildman–Crippen LogP) is 0.552. The molecule has 1 aliphatic carbocycles. The number of hydrogen-bond donors (Lipinski definition) is 0. The van der Waals surface area contributed by atoms with Crippen LogP contribution in [0, 0.1) is 0 Å². The van der Waals surface area contributed by atoms with Gasteiger partial charge in [-0.15, -0.1) is 0 Å². The first-order valence-corrected chi connectivity index (χ1v) is 9.89. The van der Waals surface area contributed by atoms with E-state index in [0.29, 0.717) is 13.2 Å². The van der Waals surface area contributed by atoms with Crippen molar-refractivity contribution in [3.63, 3.8) is 0 Å². The Bertz CT molecular complexity index is 812. The highest BCUT2D eigenvalue weighted by atomic mass is 32.1. The molecule has 8 nitrogen and oxygen atoms in total. The second kappa shape index (κ2) is 7.81. The first kappa shape index (κ1) is 17.6. The third-order valence-electron chi connectivity index (χ3n) is 5.03. The lowest BCUT2D eigenvalue weighted by atomic mass is 10.2. The van der Waals surface area contributed by atoms with E-state index in [1.54, 1.807) is 17.9 Å². The van der Waals surface area contributed by atoms with E-state index in [1.165, 1.54) is 11.5 Å². The van der Waals surface area contributed by atoms with Crippen LogP contribution in [-0.2, 0) is 30.7 Å². The molecule has 9 heteroatoms. The molecule has 0 unspecified atom stereocenters. The number of anilines is 1. The van der Waals surface area contributed by atoms with Crippen LogP contribution in [-0.4, -0.2) is 63.9 Å². The van der Waals surface area contributed by atoms with Gasteiger partial charge in [0.1, 0.15) is 6.61 Å². The Morgan fingerprint density at radius 3 is 2.85 bits per heavy atom. The van der Waals surface area contributed by atoms with Crippen LogP contribution in [0.25, 0.3) is 0 Å². The molecular weight excluding hydrogens is 352 g/mol. The summed E-state index contributed by atoms with van der Waals surface area (Å²) in [7, 11) is 1.65. The Hall–Kier alpha value is -1.84. The molecule has 140 valence electrons. The summed E-state index contributed by atoms with van der Waals surface area (Å²) in [4.78, 5) is 21.4. The number of aryl methyl sites for hydroxylation is 2. The van der Waals surface area contributed by atoms with Crippen LogP contribution in [0.5, 0.6) is 0 Å². The molecule has 2 aromatic heterocycles. The van der Waals surface area contributed by atoms with Crippen molar-refractivity contribution in [3.8, 4) is 0 Å². The van der Waals surface area contributed by atoms with Crippen LogP contribution in [0.15, 0.2) is 10.9 Å². The normalized spacial score (nSPS) is 17.7. The molecule has 0 atom stereocenters. The maximum Gasteiger partial charge on any atom is 0.267 e. The van der Waals surface area contributed by atoms with E-state index >= 15 is 0 Å². The zero-order chi connectivity index (χ0) is 17.9. The number of methoxy groups -OCH3 is 1. The molecule has 0 radical (unpaired) electrons. The van der Waals surface area contributed by atoms with Gasteiger partial charge in [-0.25, -0.2) is 9.67 Å². The molecule has 3 heterocycles. The van der Waals surface area contributed by atoms with E-state index in [9.17, 15) is 4.79 Å². The highest BCUT2D eigenvalue weighted by molar-refractivity contribution is 7.09. The van der Waals surface area contributed by atoms with E-state index in [1.807, 2.05) is 0 Å². The monoisotopic (exact) mass is 376 g/mol. The quantitative estimate of drug-likeness (QED) is 0.729. The van der Waals surface area contributed by atoms with Crippen LogP contribution < -0.4 is 10.5 Å². The van der Waals surface area contributed by atoms with Gasteiger partial charge in [0.2, 0.25) is 5.13 Å². The van der Waals surface area contributed by atoms with Crippen molar-refractivity contribution in [2.75, 3.05) is 44.7 Å². The van der Waals surface area contributed by atoms with Crippen molar-refractivity contribution in [1.29, 1.82) is 0 Å². The summed E-state index contributed by atoms with van der Waals surface area (Å²) < 4.78 is 11.0. The summed E-state index contributed by atoms with van der Waals surface area (Å²) in [5, 5.41) is 5.52. The smallest absolute Gasteiger partial charge is 0.267 e. The maximum absolute atomic E-state index is 12.2. The second-order valence-corrected chi connectivity index (χ2v) is 7.52. The zero-order valence-electron chi connectivity index (χ0n) is 15.1. The standard InChI is InChI=1S/C17H24N6O2S/c1-25-12-15-18-17(26-20-15)22-8-5-21(6-9-22)7-10-23-16(24)11-13-3-2-4-14(13)19-23/h11H,2-10,12H2,1H3. The Morgan fingerprint density at radius 2 is 2.04 bits per heavy atom. The summed E-state index contributed by atoms with van der Waals surface area (Å²) in [6.07, 6.45) is 3.12. The first-order chi connectivity index (χ1) is 12.7. The van der Waals surface area contributed by atoms with Crippen molar-refractivity contribution >= 4 is 16.7 Å². The molecule has 1 saturated heterocycles. The fourth-order valence-electron chi connectivity index (χ4n) is 3.56. The lowest BCUT2D eigenvalue weighted by molar-refractivity contribution is 0.179. The molecule has 2 aliphatic rings. The van der Waals surface area contributed by atoms with Crippen LogP contribution in [0.1, 0.15) is 23.5 Å². The van der Waals surface area contributed by atoms with Crippen molar-refractivity contribution in [3.05, 3.63) is 33.5 Å². The topological polar surface area (TPSA) is 76.4 Å². The molecule has 1 aliphatic heterocycles. The molecule has 4 rings (SSSR count). The van der Waals surface area contributed by atoms with Crippen molar-refractivity contribution < 1.29 is 4.74 Å². The number of rotatable bonds is 6. The van der Waals surface area contributed by atoms with E-state index < -0.39 is 0 Å². The van der Waals surface area contributed by atoms with Crippen LogP contribution in [0.2, 0.25) is 0 Å². The minimum absolute atomic E-state index is 0.0313. The van der Waals surface area contributed by atoms with Gasteiger partial charge < -0.3 is 9.64 Å². The van der Waals surface area contributed by atoms with Crippen molar-refractivity contribution in [1.82, 2.24) is 24.0 Å². The fraction of sp³-hybridized carbons (Fsp3) is 0.647. The van der Waals surface area contributed by atoms with E-state index in [2.05, 4.69) is 24.3 Å². The summed E-state index contributed by atoms with van der Waals surface area (Å²) in [6.45, 7) is 5.73. The van der Waals surface area contributed by atoms with Gasteiger partial charge in [0.15, 0.2) is 5.82 Å². The summed E-state index contributed by atoms with van der Waals surface area (Å²) in [6, 6.07) is 1.78. The summed E-state index contributed by atoms with van der Waals surface area (Å²) in [5.41, 5.74) is 2.28. The number of ether oxygens (including phenoxy) is 1. The van der Waals surface area contributed by atoms with Crippen LogP contribution in [0.3, 0.4) is 0 Å². The first-order valence-electron chi connectivity index (χ1n) is 9.11. The third kappa shape index (κ3) is 3.79. The minimum Gasteiger partial charge on any atom is -0.377 e. The van der Waals surface area contributed by atoms with Gasteiger partial charge in [0.25, 0.3) is 5.56 Å². The maximum atomic E-state index is 12.2. The van der Waals surface area contributed by atoms with E-state index in [4.69, 9.17) is 4.74 Å². The molecule has 0 spiro atoms. The number of fused-ring (bicyclic) bond motifs is 1. The molecule has 1 fully saturated rings. The third-order valence-corrected chi connectivity index (χ3v) is 5.84. The van der Waals surface area contributed by atoms with E-state index in [-0.39, 0.29) is 5.56 Å². The number of aromatic nitrogens is 4. The van der Waals surface area contributed by atoms with Gasteiger partial charge in [-0.05, 0) is 24.8 Å². The van der Waals surface area contributed by atoms with E-state index in [0.717, 1.165) is 74.2 Å². The SMILES string of the molecule is COCc1nsc(N2CCN(CCn3nc4c(cc3=O)CCC4)CC2)n1. The predicted molar refractivity (Wildman–Crippen MR) is 99.8 cm³/mol. The lowest BCUT2D eigenvalue weighted by Gasteiger charge is -2.34. The molecule has 26 heavy (non-hydrogen) atoms. The molecule has 0 amide bonds. The van der Waals surface area contributed by atoms with Crippen LogP contribution >= 0.6 is 11.5 Å². The number of hydrogen-bond acceptors (Lipinski definition) is 8. The Balaban J connectivity index is 1.29. The summed E-state index contributed by atoms with van der Waals surface area (Å²) >= 11 is 1.43.